The maximum Gasteiger partial charge on any atom is 0.127 e. The van der Waals surface area contributed by atoms with Crippen molar-refractivity contribution >= 4 is 0 Å². The van der Waals surface area contributed by atoms with Crippen LogP contribution in [0.15, 0.2) is 36.4 Å². The standard InChI is InChI=1S/C28H38O/c1-25(2)13-15-27(5,6)23-17-19(9-11-21(23)25)29-20-10-12-22-24(18-20)28(7,8)16-14-26(22,3)4/h9-12,17-18H,13-16H2,1-8H3. The Morgan fingerprint density at radius 3 is 1.14 bits per heavy atom. The van der Waals surface area contributed by atoms with Gasteiger partial charge >= 0.3 is 0 Å². The lowest BCUT2D eigenvalue weighted by Crippen LogP contribution is -2.33. The zero-order chi connectivity index (χ0) is 21.2. The van der Waals surface area contributed by atoms with Crippen LogP contribution in [0.4, 0.5) is 0 Å². The Morgan fingerprint density at radius 1 is 0.483 bits per heavy atom. The molecule has 0 N–H and O–H groups in total. The Hall–Kier alpha value is -1.76. The minimum Gasteiger partial charge on any atom is -0.457 e. The summed E-state index contributed by atoms with van der Waals surface area (Å²) in [7, 11) is 0. The molecule has 0 atom stereocenters. The van der Waals surface area contributed by atoms with Crippen LogP contribution >= 0.6 is 0 Å². The van der Waals surface area contributed by atoms with Crippen LogP contribution in [0.5, 0.6) is 11.5 Å². The fourth-order valence-electron chi connectivity index (χ4n) is 5.40. The first-order valence-electron chi connectivity index (χ1n) is 11.3. The fraction of sp³-hybridized carbons (Fsp3) is 0.571. The molecule has 2 aromatic carbocycles. The summed E-state index contributed by atoms with van der Waals surface area (Å²) in [5.74, 6) is 1.92. The van der Waals surface area contributed by atoms with E-state index in [4.69, 9.17) is 4.74 Å². The molecule has 0 saturated heterocycles. The van der Waals surface area contributed by atoms with E-state index in [1.807, 2.05) is 0 Å². The van der Waals surface area contributed by atoms with Crippen LogP contribution in [0.1, 0.15) is 103 Å². The van der Waals surface area contributed by atoms with Crippen molar-refractivity contribution in [3.05, 3.63) is 58.7 Å². The van der Waals surface area contributed by atoms with Gasteiger partial charge < -0.3 is 4.74 Å². The molecule has 0 fully saturated rings. The summed E-state index contributed by atoms with van der Waals surface area (Å²) in [6.07, 6.45) is 4.92. The minimum atomic E-state index is 0.200. The van der Waals surface area contributed by atoms with Gasteiger partial charge in [-0.25, -0.2) is 0 Å². The maximum atomic E-state index is 6.43. The minimum absolute atomic E-state index is 0.200. The summed E-state index contributed by atoms with van der Waals surface area (Å²) in [4.78, 5) is 0. The van der Waals surface area contributed by atoms with Gasteiger partial charge in [0.25, 0.3) is 0 Å². The lowest BCUT2D eigenvalue weighted by Gasteiger charge is -2.42. The zero-order valence-corrected chi connectivity index (χ0v) is 19.7. The molecule has 0 bridgehead atoms. The van der Waals surface area contributed by atoms with Crippen molar-refractivity contribution in [3.8, 4) is 11.5 Å². The highest BCUT2D eigenvalue weighted by Crippen LogP contribution is 2.49. The zero-order valence-electron chi connectivity index (χ0n) is 19.7. The van der Waals surface area contributed by atoms with Crippen LogP contribution in [0.2, 0.25) is 0 Å². The van der Waals surface area contributed by atoms with Crippen molar-refractivity contribution < 1.29 is 4.74 Å². The Morgan fingerprint density at radius 2 is 0.793 bits per heavy atom. The van der Waals surface area contributed by atoms with Gasteiger partial charge in [0.05, 0.1) is 0 Å². The van der Waals surface area contributed by atoms with Crippen LogP contribution in [0.25, 0.3) is 0 Å². The molecule has 2 aliphatic rings. The number of fused-ring (bicyclic) bond motifs is 2. The normalized spacial score (nSPS) is 23.0. The quantitative estimate of drug-likeness (QED) is 0.502. The second-order valence-electron chi connectivity index (χ2n) is 12.1. The number of ether oxygens (including phenoxy) is 1. The Labute approximate surface area is 177 Å². The largest absolute Gasteiger partial charge is 0.457 e. The van der Waals surface area contributed by atoms with Crippen LogP contribution in [0, 0.1) is 0 Å². The molecule has 2 aromatic rings. The van der Waals surface area contributed by atoms with Gasteiger partial charge in [0.2, 0.25) is 0 Å². The molecule has 0 unspecified atom stereocenters. The summed E-state index contributed by atoms with van der Waals surface area (Å²) >= 11 is 0. The van der Waals surface area contributed by atoms with Gasteiger partial charge in [-0.2, -0.15) is 0 Å². The Balaban J connectivity index is 1.71. The molecule has 1 nitrogen and oxygen atoms in total. The van der Waals surface area contributed by atoms with E-state index < -0.39 is 0 Å². The van der Waals surface area contributed by atoms with Crippen molar-refractivity contribution in [1.29, 1.82) is 0 Å². The summed E-state index contributed by atoms with van der Waals surface area (Å²) in [5, 5.41) is 0. The first kappa shape index (κ1) is 20.5. The molecule has 1 heteroatoms. The van der Waals surface area contributed by atoms with Gasteiger partial charge in [-0.3, -0.25) is 0 Å². The molecule has 0 aliphatic heterocycles. The van der Waals surface area contributed by atoms with Gasteiger partial charge in [-0.1, -0.05) is 67.5 Å². The topological polar surface area (TPSA) is 9.23 Å². The van der Waals surface area contributed by atoms with E-state index in [0.29, 0.717) is 0 Å². The van der Waals surface area contributed by atoms with Crippen LogP contribution in [-0.2, 0) is 21.7 Å². The molecule has 0 saturated carbocycles. The van der Waals surface area contributed by atoms with Crippen molar-refractivity contribution in [2.45, 2.75) is 103 Å². The SMILES string of the molecule is CC1(C)CCC(C)(C)c2cc(Oc3ccc4c(c3)C(C)(C)CCC4(C)C)ccc21. The number of rotatable bonds is 2. The second-order valence-corrected chi connectivity index (χ2v) is 12.1. The van der Waals surface area contributed by atoms with Gasteiger partial charge in [-0.05, 0) is 93.9 Å². The number of hydrogen-bond acceptors (Lipinski definition) is 1. The summed E-state index contributed by atoms with van der Waals surface area (Å²) in [5.41, 5.74) is 6.74. The Kier molecular flexibility index (Phi) is 4.50. The van der Waals surface area contributed by atoms with Crippen LogP contribution < -0.4 is 4.74 Å². The van der Waals surface area contributed by atoms with Crippen molar-refractivity contribution in [2.24, 2.45) is 0 Å². The lowest BCUT2D eigenvalue weighted by molar-refractivity contribution is 0.328. The molecule has 0 spiro atoms. The average molecular weight is 391 g/mol. The number of benzene rings is 2. The van der Waals surface area contributed by atoms with Crippen molar-refractivity contribution in [3.63, 3.8) is 0 Å². The first-order valence-corrected chi connectivity index (χ1v) is 11.3. The van der Waals surface area contributed by atoms with E-state index in [9.17, 15) is 0 Å². The number of hydrogen-bond donors (Lipinski definition) is 0. The predicted octanol–water partition coefficient (Wildman–Crippen LogP) is 8.18. The van der Waals surface area contributed by atoms with Gasteiger partial charge in [-0.15, -0.1) is 0 Å². The molecule has 0 radical (unpaired) electrons. The van der Waals surface area contributed by atoms with Gasteiger partial charge in [0.1, 0.15) is 11.5 Å². The van der Waals surface area contributed by atoms with E-state index in [0.717, 1.165) is 11.5 Å². The molecule has 29 heavy (non-hydrogen) atoms. The third kappa shape index (κ3) is 3.51. The molecule has 0 heterocycles. The monoisotopic (exact) mass is 390 g/mol. The van der Waals surface area contributed by atoms with Crippen molar-refractivity contribution in [2.75, 3.05) is 0 Å². The summed E-state index contributed by atoms with van der Waals surface area (Å²) in [6, 6.07) is 13.5. The fourth-order valence-corrected chi connectivity index (χ4v) is 5.40. The molecule has 2 aliphatic carbocycles. The molecular formula is C28H38O. The predicted molar refractivity (Wildman–Crippen MR) is 124 cm³/mol. The van der Waals surface area contributed by atoms with E-state index in [2.05, 4.69) is 91.8 Å². The average Bonchev–Trinajstić information content (AvgIpc) is 2.63. The maximum absolute atomic E-state index is 6.43. The van der Waals surface area contributed by atoms with Crippen molar-refractivity contribution in [1.82, 2.24) is 0 Å². The van der Waals surface area contributed by atoms with Gasteiger partial charge in [0, 0.05) is 0 Å². The first-order chi connectivity index (χ1) is 13.3. The second kappa shape index (κ2) is 6.37. The molecule has 0 amide bonds. The van der Waals surface area contributed by atoms with E-state index in [1.165, 1.54) is 47.9 Å². The molecular weight excluding hydrogens is 352 g/mol. The van der Waals surface area contributed by atoms with Crippen LogP contribution in [0.3, 0.4) is 0 Å². The van der Waals surface area contributed by atoms with Gasteiger partial charge in [0.15, 0.2) is 0 Å². The molecule has 0 aromatic heterocycles. The third-order valence-electron chi connectivity index (χ3n) is 7.88. The highest BCUT2D eigenvalue weighted by atomic mass is 16.5. The molecule has 4 rings (SSSR count). The van der Waals surface area contributed by atoms with E-state index in [1.54, 1.807) is 0 Å². The smallest absolute Gasteiger partial charge is 0.127 e. The van der Waals surface area contributed by atoms with E-state index in [-0.39, 0.29) is 21.7 Å². The van der Waals surface area contributed by atoms with E-state index >= 15 is 0 Å². The Bertz CT molecular complexity index is 865. The van der Waals surface area contributed by atoms with Crippen LogP contribution in [-0.4, -0.2) is 0 Å². The summed E-state index contributed by atoms with van der Waals surface area (Å²) in [6.45, 7) is 19.0. The lowest BCUT2D eigenvalue weighted by atomic mass is 9.63. The highest BCUT2D eigenvalue weighted by molar-refractivity contribution is 5.49. The summed E-state index contributed by atoms with van der Waals surface area (Å²) < 4.78 is 6.43. The third-order valence-corrected chi connectivity index (χ3v) is 7.88. The highest BCUT2D eigenvalue weighted by Gasteiger charge is 2.38. The molecule has 156 valence electrons.